The van der Waals surface area contributed by atoms with E-state index in [1.165, 1.54) is 12.1 Å². The van der Waals surface area contributed by atoms with Gasteiger partial charge in [-0.15, -0.1) is 0 Å². The van der Waals surface area contributed by atoms with Gasteiger partial charge < -0.3 is 10.4 Å². The SMILES string of the molecule is CC(CNC(=O)c1ccc(/C=C/C(=O)O)c(F)c1)S(C)=O. The standard InChI is InChI=1S/C14H16FNO4S/c1-9(21(2)20)8-16-14(19)11-4-3-10(12(15)7-11)5-6-13(17)18/h3-7,9H,8H2,1-2H3,(H,16,19)(H,17,18)/b6-5+. The summed E-state index contributed by atoms with van der Waals surface area (Å²) in [5.74, 6) is -2.34. The van der Waals surface area contributed by atoms with Crippen LogP contribution in [0, 0.1) is 5.82 Å². The Kier molecular flexibility index (Phi) is 6.23. The first-order valence-electron chi connectivity index (χ1n) is 6.12. The average molecular weight is 313 g/mol. The number of carboxylic acid groups (broad SMARTS) is 1. The quantitative estimate of drug-likeness (QED) is 0.778. The molecule has 7 heteroatoms. The topological polar surface area (TPSA) is 83.5 Å². The first kappa shape index (κ1) is 17.0. The largest absolute Gasteiger partial charge is 0.478 e. The Labute approximate surface area is 124 Å². The zero-order chi connectivity index (χ0) is 16.0. The van der Waals surface area contributed by atoms with Gasteiger partial charge in [0.05, 0.1) is 0 Å². The van der Waals surface area contributed by atoms with E-state index in [0.717, 1.165) is 18.2 Å². The maximum absolute atomic E-state index is 13.7. The number of rotatable bonds is 6. The third-order valence-electron chi connectivity index (χ3n) is 2.78. The van der Waals surface area contributed by atoms with Crippen LogP contribution in [0.1, 0.15) is 22.8 Å². The summed E-state index contributed by atoms with van der Waals surface area (Å²) in [5.41, 5.74) is 0.200. The molecular weight excluding hydrogens is 297 g/mol. The van der Waals surface area contributed by atoms with E-state index in [-0.39, 0.29) is 22.9 Å². The summed E-state index contributed by atoms with van der Waals surface area (Å²) in [4.78, 5) is 22.2. The number of halogens is 1. The molecule has 0 heterocycles. The molecule has 0 fully saturated rings. The van der Waals surface area contributed by atoms with Crippen LogP contribution in [0.25, 0.3) is 6.08 Å². The van der Waals surface area contributed by atoms with E-state index in [9.17, 15) is 18.2 Å². The predicted octanol–water partition coefficient (Wildman–Crippen LogP) is 1.42. The van der Waals surface area contributed by atoms with Crippen molar-refractivity contribution in [2.24, 2.45) is 0 Å². The molecule has 0 aliphatic rings. The van der Waals surface area contributed by atoms with E-state index in [1.807, 2.05) is 0 Å². The van der Waals surface area contributed by atoms with Crippen molar-refractivity contribution in [2.75, 3.05) is 12.8 Å². The van der Waals surface area contributed by atoms with E-state index in [2.05, 4.69) is 5.32 Å². The number of hydrogen-bond donors (Lipinski definition) is 2. The molecule has 0 saturated heterocycles. The zero-order valence-corrected chi connectivity index (χ0v) is 12.4. The average Bonchev–Trinajstić information content (AvgIpc) is 2.42. The second-order valence-electron chi connectivity index (χ2n) is 4.43. The lowest BCUT2D eigenvalue weighted by molar-refractivity contribution is -0.131. The van der Waals surface area contributed by atoms with Gasteiger partial charge in [0.2, 0.25) is 0 Å². The van der Waals surface area contributed by atoms with Crippen LogP contribution in [0.5, 0.6) is 0 Å². The second kappa shape index (κ2) is 7.68. The van der Waals surface area contributed by atoms with Gasteiger partial charge in [0.1, 0.15) is 5.82 Å². The van der Waals surface area contributed by atoms with Gasteiger partial charge in [0, 0.05) is 46.1 Å². The summed E-state index contributed by atoms with van der Waals surface area (Å²) in [6.07, 6.45) is 3.47. The molecule has 0 radical (unpaired) electrons. The maximum atomic E-state index is 13.7. The van der Waals surface area contributed by atoms with Gasteiger partial charge in [0.25, 0.3) is 5.91 Å². The Morgan fingerprint density at radius 2 is 2.14 bits per heavy atom. The number of benzene rings is 1. The Bertz CT molecular complexity index is 601. The van der Waals surface area contributed by atoms with Crippen molar-refractivity contribution in [2.45, 2.75) is 12.2 Å². The number of nitrogens with one attached hydrogen (secondary N) is 1. The molecule has 5 nitrogen and oxygen atoms in total. The van der Waals surface area contributed by atoms with Crippen LogP contribution >= 0.6 is 0 Å². The lowest BCUT2D eigenvalue weighted by Gasteiger charge is -2.10. The molecule has 0 aromatic heterocycles. The van der Waals surface area contributed by atoms with Crippen molar-refractivity contribution < 1.29 is 23.3 Å². The van der Waals surface area contributed by atoms with E-state index in [0.29, 0.717) is 0 Å². The number of hydrogen-bond acceptors (Lipinski definition) is 3. The van der Waals surface area contributed by atoms with Crippen molar-refractivity contribution in [3.05, 3.63) is 41.2 Å². The minimum Gasteiger partial charge on any atom is -0.478 e. The third-order valence-corrected chi connectivity index (χ3v) is 4.08. The number of aliphatic carboxylic acids is 1. The van der Waals surface area contributed by atoms with E-state index >= 15 is 0 Å². The van der Waals surface area contributed by atoms with Crippen LogP contribution in [0.2, 0.25) is 0 Å². The fourth-order valence-corrected chi connectivity index (χ4v) is 1.74. The third kappa shape index (κ3) is 5.47. The van der Waals surface area contributed by atoms with Crippen molar-refractivity contribution in [1.82, 2.24) is 5.32 Å². The van der Waals surface area contributed by atoms with Gasteiger partial charge in [0.15, 0.2) is 0 Å². The molecule has 2 atom stereocenters. The summed E-state index contributed by atoms with van der Waals surface area (Å²) >= 11 is 0. The molecule has 0 bridgehead atoms. The molecule has 1 amide bonds. The summed E-state index contributed by atoms with van der Waals surface area (Å²) in [6, 6.07) is 3.75. The molecular formula is C14H16FNO4S. The minimum atomic E-state index is -1.18. The molecule has 1 rings (SSSR count). The van der Waals surface area contributed by atoms with Gasteiger partial charge in [-0.2, -0.15) is 0 Å². The molecule has 1 aromatic carbocycles. The first-order valence-corrected chi connectivity index (χ1v) is 7.74. The van der Waals surface area contributed by atoms with Gasteiger partial charge in [-0.1, -0.05) is 6.07 Å². The summed E-state index contributed by atoms with van der Waals surface area (Å²) in [6.45, 7) is 1.96. The number of amides is 1. The minimum absolute atomic E-state index is 0.0805. The van der Waals surface area contributed by atoms with Gasteiger partial charge in [-0.3, -0.25) is 9.00 Å². The molecule has 2 N–H and O–H groups in total. The van der Waals surface area contributed by atoms with E-state index < -0.39 is 28.5 Å². The van der Waals surface area contributed by atoms with Crippen LogP contribution in [0.15, 0.2) is 24.3 Å². The fraction of sp³-hybridized carbons (Fsp3) is 0.286. The second-order valence-corrected chi connectivity index (χ2v) is 6.23. The van der Waals surface area contributed by atoms with E-state index in [1.54, 1.807) is 13.2 Å². The lowest BCUT2D eigenvalue weighted by atomic mass is 10.1. The smallest absolute Gasteiger partial charge is 0.328 e. The number of carbonyl (C=O) groups is 2. The van der Waals surface area contributed by atoms with Crippen LogP contribution in [-0.4, -0.2) is 39.2 Å². The molecule has 1 aromatic rings. The molecule has 21 heavy (non-hydrogen) atoms. The van der Waals surface area contributed by atoms with Crippen molar-refractivity contribution >= 4 is 28.8 Å². The summed E-state index contributed by atoms with van der Waals surface area (Å²) in [7, 11) is -1.05. The Balaban J connectivity index is 2.76. The highest BCUT2D eigenvalue weighted by molar-refractivity contribution is 7.84. The number of carbonyl (C=O) groups excluding carboxylic acids is 1. The van der Waals surface area contributed by atoms with Gasteiger partial charge in [-0.25, -0.2) is 9.18 Å². The fourth-order valence-electron chi connectivity index (χ4n) is 1.42. The van der Waals surface area contributed by atoms with Crippen LogP contribution in [-0.2, 0) is 15.6 Å². The number of carboxylic acids is 1. The molecule has 0 aliphatic heterocycles. The lowest BCUT2D eigenvalue weighted by Crippen LogP contribution is -2.32. The van der Waals surface area contributed by atoms with Crippen molar-refractivity contribution in [3.8, 4) is 0 Å². The van der Waals surface area contributed by atoms with Crippen LogP contribution in [0.3, 0.4) is 0 Å². The summed E-state index contributed by atoms with van der Waals surface area (Å²) in [5, 5.41) is 10.8. The van der Waals surface area contributed by atoms with Crippen molar-refractivity contribution in [1.29, 1.82) is 0 Å². The molecule has 114 valence electrons. The van der Waals surface area contributed by atoms with Gasteiger partial charge >= 0.3 is 5.97 Å². The van der Waals surface area contributed by atoms with E-state index in [4.69, 9.17) is 5.11 Å². The molecule has 0 spiro atoms. The Morgan fingerprint density at radius 1 is 1.48 bits per heavy atom. The maximum Gasteiger partial charge on any atom is 0.328 e. The molecule has 2 unspecified atom stereocenters. The monoisotopic (exact) mass is 313 g/mol. The molecule has 0 aliphatic carbocycles. The predicted molar refractivity (Wildman–Crippen MR) is 78.9 cm³/mol. The highest BCUT2D eigenvalue weighted by atomic mass is 32.2. The van der Waals surface area contributed by atoms with Crippen LogP contribution < -0.4 is 5.32 Å². The molecule has 0 saturated carbocycles. The first-order chi connectivity index (χ1) is 9.81. The highest BCUT2D eigenvalue weighted by Crippen LogP contribution is 2.12. The summed E-state index contributed by atoms with van der Waals surface area (Å²) < 4.78 is 24.9. The normalized spacial score (nSPS) is 13.9. The van der Waals surface area contributed by atoms with Crippen molar-refractivity contribution in [3.63, 3.8) is 0 Å². The van der Waals surface area contributed by atoms with Gasteiger partial charge in [-0.05, 0) is 25.1 Å². The zero-order valence-electron chi connectivity index (χ0n) is 11.6. The highest BCUT2D eigenvalue weighted by Gasteiger charge is 2.11. The Morgan fingerprint density at radius 3 is 2.67 bits per heavy atom. The Hall–Kier alpha value is -2.02. The van der Waals surface area contributed by atoms with Crippen LogP contribution in [0.4, 0.5) is 4.39 Å².